The second-order valence-corrected chi connectivity index (χ2v) is 8.86. The highest BCUT2D eigenvalue weighted by molar-refractivity contribution is 5.94. The molecule has 0 radical (unpaired) electrons. The number of nitrogens with one attached hydrogen (secondary N) is 1. The van der Waals surface area contributed by atoms with E-state index in [4.69, 9.17) is 9.52 Å². The summed E-state index contributed by atoms with van der Waals surface area (Å²) < 4.78 is 7.17. The van der Waals surface area contributed by atoms with E-state index in [0.29, 0.717) is 24.3 Å². The Bertz CT molecular complexity index is 1040. The molecule has 2 aliphatic carbocycles. The highest BCUT2D eigenvalue weighted by atomic mass is 16.3. The van der Waals surface area contributed by atoms with Crippen LogP contribution in [0.2, 0.25) is 0 Å². The van der Waals surface area contributed by atoms with E-state index in [1.165, 1.54) is 16.8 Å². The number of benzene rings is 1. The number of nitrogens with zero attached hydrogens (tertiary/aromatic N) is 3. The van der Waals surface area contributed by atoms with Crippen molar-refractivity contribution in [1.29, 1.82) is 0 Å². The van der Waals surface area contributed by atoms with Gasteiger partial charge in [-0.1, -0.05) is 24.3 Å². The molecule has 5 rings (SSSR count). The Balaban J connectivity index is 1.32. The maximum atomic E-state index is 13.3. The molecule has 0 spiro atoms. The lowest BCUT2D eigenvalue weighted by atomic mass is 9.90. The fourth-order valence-electron chi connectivity index (χ4n) is 5.18. The first-order chi connectivity index (χ1) is 15.1. The molecule has 1 N–H and O–H groups in total. The van der Waals surface area contributed by atoms with Gasteiger partial charge in [0.2, 0.25) is 0 Å². The van der Waals surface area contributed by atoms with Gasteiger partial charge in [-0.3, -0.25) is 9.48 Å². The summed E-state index contributed by atoms with van der Waals surface area (Å²) in [6, 6.07) is 11.5. The van der Waals surface area contributed by atoms with Gasteiger partial charge in [0.15, 0.2) is 5.69 Å². The number of carbonyl (C=O) groups excluding carboxylic acids is 1. The van der Waals surface area contributed by atoms with Crippen LogP contribution in [-0.4, -0.2) is 39.7 Å². The van der Waals surface area contributed by atoms with Crippen LogP contribution in [0.4, 0.5) is 0 Å². The van der Waals surface area contributed by atoms with Gasteiger partial charge >= 0.3 is 0 Å². The van der Waals surface area contributed by atoms with E-state index >= 15 is 0 Å². The molecule has 6 heteroatoms. The zero-order valence-corrected chi connectivity index (χ0v) is 18.3. The van der Waals surface area contributed by atoms with Gasteiger partial charge in [0, 0.05) is 49.0 Å². The Morgan fingerprint density at radius 1 is 1.19 bits per heavy atom. The second-order valence-electron chi connectivity index (χ2n) is 8.86. The zero-order valence-electron chi connectivity index (χ0n) is 18.3. The number of furan rings is 1. The van der Waals surface area contributed by atoms with Crippen LogP contribution in [0.3, 0.4) is 0 Å². The van der Waals surface area contributed by atoms with Gasteiger partial charge in [0.05, 0.1) is 12.5 Å². The summed E-state index contributed by atoms with van der Waals surface area (Å²) >= 11 is 0. The van der Waals surface area contributed by atoms with Crippen molar-refractivity contribution in [1.82, 2.24) is 20.0 Å². The minimum absolute atomic E-state index is 0.0152. The summed E-state index contributed by atoms with van der Waals surface area (Å²) in [6.45, 7) is 3.40. The van der Waals surface area contributed by atoms with Gasteiger partial charge in [-0.05, 0) is 56.2 Å². The first kappa shape index (κ1) is 20.1. The summed E-state index contributed by atoms with van der Waals surface area (Å²) in [6.07, 6.45) is 8.42. The SMILES string of the molecule is CCn1nc(C(=O)N(C)Cc2ccoc2)c2c1CC[C@H](NC1Cc3ccccc3C1)C2. The largest absolute Gasteiger partial charge is 0.472 e. The van der Waals surface area contributed by atoms with Crippen molar-refractivity contribution in [2.45, 2.75) is 64.2 Å². The Hall–Kier alpha value is -2.86. The summed E-state index contributed by atoms with van der Waals surface area (Å²) in [5.74, 6) is -0.0152. The zero-order chi connectivity index (χ0) is 21.4. The molecule has 2 aromatic heterocycles. The number of fused-ring (bicyclic) bond motifs is 2. The minimum Gasteiger partial charge on any atom is -0.472 e. The molecule has 1 aromatic carbocycles. The lowest BCUT2D eigenvalue weighted by Gasteiger charge is -2.27. The molecule has 0 fully saturated rings. The van der Waals surface area contributed by atoms with Gasteiger partial charge < -0.3 is 14.6 Å². The van der Waals surface area contributed by atoms with Gasteiger partial charge in [-0.15, -0.1) is 0 Å². The van der Waals surface area contributed by atoms with Crippen LogP contribution in [0, 0.1) is 0 Å². The molecule has 2 heterocycles. The third-order valence-corrected chi connectivity index (χ3v) is 6.72. The average Bonchev–Trinajstić information content (AvgIpc) is 3.51. The number of rotatable bonds is 6. The van der Waals surface area contributed by atoms with Crippen molar-refractivity contribution < 1.29 is 9.21 Å². The fourth-order valence-corrected chi connectivity index (χ4v) is 5.18. The first-order valence-electron chi connectivity index (χ1n) is 11.3. The van der Waals surface area contributed by atoms with Crippen molar-refractivity contribution in [2.24, 2.45) is 0 Å². The first-order valence-corrected chi connectivity index (χ1v) is 11.3. The van der Waals surface area contributed by atoms with Crippen LogP contribution in [0.1, 0.15) is 51.8 Å². The molecule has 0 saturated heterocycles. The average molecular weight is 419 g/mol. The lowest BCUT2D eigenvalue weighted by molar-refractivity contribution is 0.0777. The topological polar surface area (TPSA) is 63.3 Å². The second kappa shape index (κ2) is 8.35. The monoisotopic (exact) mass is 418 g/mol. The van der Waals surface area contributed by atoms with E-state index in [9.17, 15) is 4.79 Å². The van der Waals surface area contributed by atoms with E-state index < -0.39 is 0 Å². The quantitative estimate of drug-likeness (QED) is 0.667. The molecule has 0 aliphatic heterocycles. The fraction of sp³-hybridized carbons (Fsp3) is 0.440. The van der Waals surface area contributed by atoms with Crippen LogP contribution in [-0.2, 0) is 38.8 Å². The van der Waals surface area contributed by atoms with Crippen LogP contribution >= 0.6 is 0 Å². The number of carbonyl (C=O) groups is 1. The summed E-state index contributed by atoms with van der Waals surface area (Å²) in [4.78, 5) is 15.0. The molecule has 1 amide bonds. The Morgan fingerprint density at radius 3 is 2.65 bits per heavy atom. The normalized spacial score (nSPS) is 18.1. The summed E-state index contributed by atoms with van der Waals surface area (Å²) in [5.41, 5.74) is 6.89. The number of hydrogen-bond donors (Lipinski definition) is 1. The minimum atomic E-state index is -0.0152. The predicted octanol–water partition coefficient (Wildman–Crippen LogP) is 3.38. The molecule has 0 unspecified atom stereocenters. The van der Waals surface area contributed by atoms with Gasteiger partial charge in [-0.25, -0.2) is 0 Å². The standard InChI is InChI=1S/C25H30N4O2/c1-3-29-23-9-8-20(26-21-12-18-6-4-5-7-19(18)13-21)14-22(23)24(27-29)25(30)28(2)15-17-10-11-31-16-17/h4-7,10-11,16,20-21,26H,3,8-9,12-15H2,1-2H3/t20-/m0/s1. The molecule has 162 valence electrons. The lowest BCUT2D eigenvalue weighted by Crippen LogP contribution is -2.42. The van der Waals surface area contributed by atoms with Crippen molar-refractivity contribution in [3.63, 3.8) is 0 Å². The van der Waals surface area contributed by atoms with E-state index in [2.05, 4.69) is 36.5 Å². The van der Waals surface area contributed by atoms with Crippen LogP contribution in [0.25, 0.3) is 0 Å². The molecule has 6 nitrogen and oxygen atoms in total. The number of hydrogen-bond acceptors (Lipinski definition) is 4. The number of amides is 1. The third-order valence-electron chi connectivity index (χ3n) is 6.72. The number of aryl methyl sites for hydroxylation is 1. The highest BCUT2D eigenvalue weighted by Crippen LogP contribution is 2.28. The maximum absolute atomic E-state index is 13.3. The molecule has 2 aliphatic rings. The Kier molecular flexibility index (Phi) is 5.40. The van der Waals surface area contributed by atoms with Crippen molar-refractivity contribution in [3.05, 3.63) is 76.5 Å². The molecule has 0 bridgehead atoms. The molecule has 0 saturated carbocycles. The Labute approximate surface area is 183 Å². The number of aromatic nitrogens is 2. The predicted molar refractivity (Wildman–Crippen MR) is 119 cm³/mol. The van der Waals surface area contributed by atoms with Crippen molar-refractivity contribution in [3.8, 4) is 0 Å². The molecule has 3 aromatic rings. The summed E-state index contributed by atoms with van der Waals surface area (Å²) in [7, 11) is 1.83. The van der Waals surface area contributed by atoms with Crippen molar-refractivity contribution >= 4 is 5.91 Å². The van der Waals surface area contributed by atoms with Crippen molar-refractivity contribution in [2.75, 3.05) is 7.05 Å². The van der Waals surface area contributed by atoms with E-state index in [1.54, 1.807) is 17.4 Å². The third kappa shape index (κ3) is 3.92. The van der Waals surface area contributed by atoms with Crippen LogP contribution in [0.5, 0.6) is 0 Å². The van der Waals surface area contributed by atoms with E-state index in [1.807, 2.05) is 17.8 Å². The molecule has 31 heavy (non-hydrogen) atoms. The van der Waals surface area contributed by atoms with E-state index in [-0.39, 0.29) is 5.91 Å². The van der Waals surface area contributed by atoms with Crippen LogP contribution < -0.4 is 5.32 Å². The van der Waals surface area contributed by atoms with Gasteiger partial charge in [-0.2, -0.15) is 5.10 Å². The molecular weight excluding hydrogens is 388 g/mol. The van der Waals surface area contributed by atoms with Crippen LogP contribution in [0.15, 0.2) is 47.3 Å². The molecular formula is C25H30N4O2. The van der Waals surface area contributed by atoms with Gasteiger partial charge in [0.25, 0.3) is 5.91 Å². The smallest absolute Gasteiger partial charge is 0.274 e. The summed E-state index contributed by atoms with van der Waals surface area (Å²) in [5, 5.41) is 8.62. The molecule has 1 atom stereocenters. The maximum Gasteiger partial charge on any atom is 0.274 e. The van der Waals surface area contributed by atoms with Gasteiger partial charge in [0.1, 0.15) is 0 Å². The van der Waals surface area contributed by atoms with E-state index in [0.717, 1.165) is 49.8 Å². The Morgan fingerprint density at radius 2 is 1.97 bits per heavy atom. The highest BCUT2D eigenvalue weighted by Gasteiger charge is 2.32.